The van der Waals surface area contributed by atoms with Crippen LogP contribution >= 0.6 is 24.8 Å². The van der Waals surface area contributed by atoms with E-state index in [9.17, 15) is 4.39 Å². The smallest absolute Gasteiger partial charge is 0.129 e. The predicted octanol–water partition coefficient (Wildman–Crippen LogP) is 4.34. The van der Waals surface area contributed by atoms with Gasteiger partial charge in [0.05, 0.1) is 0 Å². The molecule has 2 N–H and O–H groups in total. The molecule has 0 aliphatic rings. The Labute approximate surface area is 162 Å². The SMILES string of the molecule is CCNCCCNCc1ccccc1OCc1ccccc1F.Cl.Cl. The monoisotopic (exact) mass is 388 g/mol. The first kappa shape index (κ1) is 23.7. The molecule has 0 fully saturated rings. The van der Waals surface area contributed by atoms with E-state index < -0.39 is 0 Å². The van der Waals surface area contributed by atoms with Gasteiger partial charge in [0.25, 0.3) is 0 Å². The minimum absolute atomic E-state index is 0. The van der Waals surface area contributed by atoms with Crippen molar-refractivity contribution in [3.8, 4) is 5.75 Å². The molecule has 0 radical (unpaired) electrons. The number of nitrogens with one attached hydrogen (secondary N) is 2. The highest BCUT2D eigenvalue weighted by molar-refractivity contribution is 5.85. The Morgan fingerprint density at radius 3 is 2.24 bits per heavy atom. The summed E-state index contributed by atoms with van der Waals surface area (Å²) in [7, 11) is 0. The summed E-state index contributed by atoms with van der Waals surface area (Å²) in [5.41, 5.74) is 1.66. The third kappa shape index (κ3) is 8.54. The van der Waals surface area contributed by atoms with Crippen LogP contribution in [0.4, 0.5) is 4.39 Å². The van der Waals surface area contributed by atoms with Crippen LogP contribution in [0.25, 0.3) is 0 Å². The van der Waals surface area contributed by atoms with Crippen molar-refractivity contribution in [3.05, 3.63) is 65.5 Å². The second-order valence-electron chi connectivity index (χ2n) is 5.37. The molecule has 0 amide bonds. The lowest BCUT2D eigenvalue weighted by Crippen LogP contribution is -2.21. The summed E-state index contributed by atoms with van der Waals surface area (Å²) in [6, 6.07) is 14.6. The molecule has 0 aromatic heterocycles. The zero-order valence-corrected chi connectivity index (χ0v) is 16.1. The molecule has 0 saturated heterocycles. The Morgan fingerprint density at radius 1 is 0.880 bits per heavy atom. The summed E-state index contributed by atoms with van der Waals surface area (Å²) < 4.78 is 19.5. The molecule has 25 heavy (non-hydrogen) atoms. The average Bonchev–Trinajstić information content (AvgIpc) is 2.58. The summed E-state index contributed by atoms with van der Waals surface area (Å²) in [5.74, 6) is 0.571. The first-order valence-corrected chi connectivity index (χ1v) is 8.16. The van der Waals surface area contributed by atoms with Gasteiger partial charge in [0.1, 0.15) is 18.2 Å². The number of halogens is 3. The van der Waals surface area contributed by atoms with Crippen LogP contribution in [0.3, 0.4) is 0 Å². The molecule has 6 heteroatoms. The van der Waals surface area contributed by atoms with Crippen molar-refractivity contribution >= 4 is 24.8 Å². The maximum absolute atomic E-state index is 13.6. The molecular weight excluding hydrogens is 362 g/mol. The molecule has 0 atom stereocenters. The molecule has 0 saturated carbocycles. The van der Waals surface area contributed by atoms with Crippen molar-refractivity contribution in [2.45, 2.75) is 26.5 Å². The van der Waals surface area contributed by atoms with Crippen LogP contribution in [0.5, 0.6) is 5.75 Å². The van der Waals surface area contributed by atoms with Crippen LogP contribution in [-0.4, -0.2) is 19.6 Å². The number of ether oxygens (including phenoxy) is 1. The van der Waals surface area contributed by atoms with Gasteiger partial charge in [-0.2, -0.15) is 0 Å². The fourth-order valence-corrected chi connectivity index (χ4v) is 2.30. The normalized spacial score (nSPS) is 9.84. The van der Waals surface area contributed by atoms with Gasteiger partial charge in [-0.3, -0.25) is 0 Å². The van der Waals surface area contributed by atoms with Gasteiger partial charge in [0, 0.05) is 17.7 Å². The van der Waals surface area contributed by atoms with Crippen molar-refractivity contribution in [3.63, 3.8) is 0 Å². The van der Waals surface area contributed by atoms with E-state index >= 15 is 0 Å². The van der Waals surface area contributed by atoms with Crippen molar-refractivity contribution in [1.82, 2.24) is 10.6 Å². The largest absolute Gasteiger partial charge is 0.488 e. The summed E-state index contributed by atoms with van der Waals surface area (Å²) in [4.78, 5) is 0. The molecule has 0 aliphatic carbocycles. The summed E-state index contributed by atoms with van der Waals surface area (Å²) in [6.07, 6.45) is 1.09. The van der Waals surface area contributed by atoms with E-state index in [1.54, 1.807) is 12.1 Å². The average molecular weight is 389 g/mol. The fourth-order valence-electron chi connectivity index (χ4n) is 2.30. The second-order valence-corrected chi connectivity index (χ2v) is 5.37. The molecule has 0 heterocycles. The number of hydrogen-bond acceptors (Lipinski definition) is 3. The zero-order chi connectivity index (χ0) is 16.3. The molecule has 2 aromatic carbocycles. The van der Waals surface area contributed by atoms with Crippen LogP contribution in [0.2, 0.25) is 0 Å². The molecular formula is C19H27Cl2FN2O. The molecule has 0 spiro atoms. The van der Waals surface area contributed by atoms with E-state index in [1.165, 1.54) is 6.07 Å². The van der Waals surface area contributed by atoms with Crippen LogP contribution in [0.15, 0.2) is 48.5 Å². The minimum atomic E-state index is -0.230. The van der Waals surface area contributed by atoms with Gasteiger partial charge < -0.3 is 15.4 Å². The lowest BCUT2D eigenvalue weighted by molar-refractivity contribution is 0.296. The van der Waals surface area contributed by atoms with Gasteiger partial charge in [-0.25, -0.2) is 4.39 Å². The number of benzene rings is 2. The van der Waals surface area contributed by atoms with Gasteiger partial charge in [0.2, 0.25) is 0 Å². The topological polar surface area (TPSA) is 33.3 Å². The Hall–Kier alpha value is -1.33. The fraction of sp³-hybridized carbons (Fsp3) is 0.368. The molecule has 0 bridgehead atoms. The quantitative estimate of drug-likeness (QED) is 0.594. The Bertz CT molecular complexity index is 599. The first-order valence-electron chi connectivity index (χ1n) is 8.16. The molecule has 2 aromatic rings. The highest BCUT2D eigenvalue weighted by Gasteiger charge is 2.05. The lowest BCUT2D eigenvalue weighted by Gasteiger charge is -2.12. The Kier molecular flexibility index (Phi) is 13.2. The molecule has 0 aliphatic heterocycles. The number of rotatable bonds is 10. The Balaban J connectivity index is 0.00000288. The highest BCUT2D eigenvalue weighted by atomic mass is 35.5. The first-order chi connectivity index (χ1) is 11.3. The molecule has 2 rings (SSSR count). The van der Waals surface area contributed by atoms with Gasteiger partial charge in [-0.15, -0.1) is 24.8 Å². The maximum atomic E-state index is 13.6. The van der Waals surface area contributed by atoms with Crippen LogP contribution < -0.4 is 15.4 Å². The third-order valence-electron chi connectivity index (χ3n) is 3.59. The van der Waals surface area contributed by atoms with Gasteiger partial charge in [-0.1, -0.05) is 43.3 Å². The van der Waals surface area contributed by atoms with Crippen molar-refractivity contribution in [2.24, 2.45) is 0 Å². The van der Waals surface area contributed by atoms with E-state index in [2.05, 4.69) is 17.6 Å². The van der Waals surface area contributed by atoms with Crippen LogP contribution in [0, 0.1) is 5.82 Å². The van der Waals surface area contributed by atoms with E-state index in [1.807, 2.05) is 30.3 Å². The number of para-hydroxylation sites is 1. The number of hydrogen-bond donors (Lipinski definition) is 2. The van der Waals surface area contributed by atoms with Gasteiger partial charge in [0.15, 0.2) is 0 Å². The van der Waals surface area contributed by atoms with E-state index in [0.29, 0.717) is 5.56 Å². The van der Waals surface area contributed by atoms with Crippen molar-refractivity contribution < 1.29 is 9.13 Å². The van der Waals surface area contributed by atoms with Crippen molar-refractivity contribution in [1.29, 1.82) is 0 Å². The van der Waals surface area contributed by atoms with Crippen LogP contribution in [0.1, 0.15) is 24.5 Å². The summed E-state index contributed by atoms with van der Waals surface area (Å²) in [6.45, 7) is 6.08. The van der Waals surface area contributed by atoms with Crippen molar-refractivity contribution in [2.75, 3.05) is 19.6 Å². The third-order valence-corrected chi connectivity index (χ3v) is 3.59. The standard InChI is InChI=1S/C19H25FN2O.2ClH/c1-2-21-12-7-13-22-14-16-8-4-6-11-19(16)23-15-17-9-3-5-10-18(17)20;;/h3-6,8-11,21-22H,2,7,12-15H2,1H3;2*1H. The van der Waals surface area contributed by atoms with E-state index in [0.717, 1.165) is 43.9 Å². The predicted molar refractivity (Wildman–Crippen MR) is 107 cm³/mol. The van der Waals surface area contributed by atoms with E-state index in [4.69, 9.17) is 4.74 Å². The lowest BCUT2D eigenvalue weighted by atomic mass is 10.2. The Morgan fingerprint density at radius 2 is 1.52 bits per heavy atom. The maximum Gasteiger partial charge on any atom is 0.129 e. The van der Waals surface area contributed by atoms with E-state index in [-0.39, 0.29) is 37.2 Å². The highest BCUT2D eigenvalue weighted by Crippen LogP contribution is 2.20. The summed E-state index contributed by atoms with van der Waals surface area (Å²) in [5, 5.41) is 6.72. The van der Waals surface area contributed by atoms with Gasteiger partial charge >= 0.3 is 0 Å². The molecule has 3 nitrogen and oxygen atoms in total. The van der Waals surface area contributed by atoms with Gasteiger partial charge in [-0.05, 0) is 38.2 Å². The second kappa shape index (κ2) is 13.9. The summed E-state index contributed by atoms with van der Waals surface area (Å²) >= 11 is 0. The zero-order valence-electron chi connectivity index (χ0n) is 14.5. The molecule has 0 unspecified atom stereocenters. The molecule has 140 valence electrons. The minimum Gasteiger partial charge on any atom is -0.488 e. The van der Waals surface area contributed by atoms with Crippen LogP contribution in [-0.2, 0) is 13.2 Å².